The third-order valence-corrected chi connectivity index (χ3v) is 5.81. The number of hydrogen-bond donors (Lipinski definition) is 0. The second-order valence-electron chi connectivity index (χ2n) is 5.76. The summed E-state index contributed by atoms with van der Waals surface area (Å²) in [5.41, 5.74) is 0.398. The van der Waals surface area contributed by atoms with Gasteiger partial charge >= 0.3 is 0 Å². The van der Waals surface area contributed by atoms with Gasteiger partial charge in [0.25, 0.3) is 10.0 Å². The van der Waals surface area contributed by atoms with Crippen LogP contribution < -0.4 is 9.04 Å². The van der Waals surface area contributed by atoms with Crippen LogP contribution in [0.2, 0.25) is 0 Å². The van der Waals surface area contributed by atoms with Crippen molar-refractivity contribution in [1.29, 1.82) is 0 Å². The van der Waals surface area contributed by atoms with Crippen LogP contribution >= 0.6 is 0 Å². The van der Waals surface area contributed by atoms with Gasteiger partial charge < -0.3 is 4.74 Å². The molecule has 3 aromatic carbocycles. The van der Waals surface area contributed by atoms with Crippen LogP contribution in [0.25, 0.3) is 0 Å². The first-order chi connectivity index (χ1) is 12.9. The van der Waals surface area contributed by atoms with Gasteiger partial charge in [0.1, 0.15) is 17.4 Å². The molecule has 0 saturated heterocycles. The van der Waals surface area contributed by atoms with Crippen molar-refractivity contribution in [1.82, 2.24) is 0 Å². The monoisotopic (exact) mass is 389 g/mol. The lowest BCUT2D eigenvalue weighted by Crippen LogP contribution is -2.31. The lowest BCUT2D eigenvalue weighted by atomic mass is 10.2. The van der Waals surface area contributed by atoms with Gasteiger partial charge in [-0.15, -0.1) is 0 Å². The molecule has 0 atom stereocenters. The van der Waals surface area contributed by atoms with E-state index in [1.165, 1.54) is 25.3 Å². The van der Waals surface area contributed by atoms with Crippen molar-refractivity contribution < 1.29 is 21.9 Å². The first kappa shape index (κ1) is 18.8. The van der Waals surface area contributed by atoms with Gasteiger partial charge in [0.2, 0.25) is 0 Å². The van der Waals surface area contributed by atoms with E-state index in [-0.39, 0.29) is 17.0 Å². The molecule has 0 bridgehead atoms. The van der Waals surface area contributed by atoms with Crippen molar-refractivity contribution in [2.24, 2.45) is 0 Å². The molecule has 0 heterocycles. The van der Waals surface area contributed by atoms with Crippen LogP contribution in [-0.4, -0.2) is 15.5 Å². The highest BCUT2D eigenvalue weighted by Crippen LogP contribution is 2.28. The zero-order chi connectivity index (χ0) is 19.4. The first-order valence-corrected chi connectivity index (χ1v) is 9.51. The van der Waals surface area contributed by atoms with E-state index in [0.29, 0.717) is 11.4 Å². The maximum atomic E-state index is 14.2. The summed E-state index contributed by atoms with van der Waals surface area (Å²) in [4.78, 5) is 0.0725. The van der Waals surface area contributed by atoms with Crippen molar-refractivity contribution in [2.45, 2.75) is 11.4 Å². The van der Waals surface area contributed by atoms with Gasteiger partial charge in [-0.05, 0) is 42.5 Å². The third-order valence-electron chi connectivity index (χ3n) is 4.02. The predicted octanol–water partition coefficient (Wildman–Crippen LogP) is 4.37. The van der Waals surface area contributed by atoms with E-state index in [1.807, 2.05) is 0 Å². The molecule has 140 valence electrons. The predicted molar refractivity (Wildman–Crippen MR) is 99.2 cm³/mol. The Kier molecular flexibility index (Phi) is 5.41. The molecule has 0 aliphatic rings. The summed E-state index contributed by atoms with van der Waals surface area (Å²) in [6.45, 7) is -0.282. The standard InChI is InChI=1S/C20H17F2NO3S/c1-26-18-11-9-17(10-12-18)23(14-15-7-8-16(21)13-20(15)22)27(24,25)19-5-3-2-4-6-19/h2-13H,14H2,1H3. The second-order valence-corrected chi connectivity index (χ2v) is 7.62. The minimum atomic E-state index is -3.97. The smallest absolute Gasteiger partial charge is 0.264 e. The SMILES string of the molecule is COc1ccc(N(Cc2ccc(F)cc2F)S(=O)(=O)c2ccccc2)cc1. The Morgan fingerprint density at radius 3 is 2.19 bits per heavy atom. The van der Waals surface area contributed by atoms with Crippen molar-refractivity contribution in [3.05, 3.63) is 90.0 Å². The van der Waals surface area contributed by atoms with E-state index in [2.05, 4.69) is 0 Å². The van der Waals surface area contributed by atoms with Gasteiger partial charge in [0, 0.05) is 11.6 Å². The van der Waals surface area contributed by atoms with Crippen LogP contribution in [0.1, 0.15) is 5.56 Å². The van der Waals surface area contributed by atoms with Gasteiger partial charge in [0.05, 0.1) is 24.2 Å². The lowest BCUT2D eigenvalue weighted by molar-refractivity contribution is 0.415. The van der Waals surface area contributed by atoms with Crippen LogP contribution in [-0.2, 0) is 16.6 Å². The minimum Gasteiger partial charge on any atom is -0.497 e. The summed E-state index contributed by atoms with van der Waals surface area (Å²) >= 11 is 0. The van der Waals surface area contributed by atoms with Crippen molar-refractivity contribution >= 4 is 15.7 Å². The summed E-state index contributed by atoms with van der Waals surface area (Å²) in [7, 11) is -2.47. The number of ether oxygens (including phenoxy) is 1. The molecule has 0 fully saturated rings. The van der Waals surface area contributed by atoms with Crippen molar-refractivity contribution in [3.63, 3.8) is 0 Å². The highest BCUT2D eigenvalue weighted by atomic mass is 32.2. The second kappa shape index (κ2) is 7.75. The number of methoxy groups -OCH3 is 1. The molecule has 0 N–H and O–H groups in total. The van der Waals surface area contributed by atoms with Crippen LogP contribution in [0.4, 0.5) is 14.5 Å². The van der Waals surface area contributed by atoms with E-state index < -0.39 is 21.7 Å². The summed E-state index contributed by atoms with van der Waals surface area (Å²) in [5.74, 6) is -0.973. The number of rotatable bonds is 6. The summed E-state index contributed by atoms with van der Waals surface area (Å²) in [6.07, 6.45) is 0. The molecule has 0 aliphatic carbocycles. The van der Waals surface area contributed by atoms with E-state index in [4.69, 9.17) is 4.74 Å². The number of nitrogens with zero attached hydrogens (tertiary/aromatic N) is 1. The lowest BCUT2D eigenvalue weighted by Gasteiger charge is -2.25. The molecule has 0 radical (unpaired) electrons. The summed E-state index contributed by atoms with van der Waals surface area (Å²) in [5, 5.41) is 0. The maximum absolute atomic E-state index is 14.2. The van der Waals surface area contributed by atoms with Crippen molar-refractivity contribution in [3.8, 4) is 5.75 Å². The average molecular weight is 389 g/mol. The highest BCUT2D eigenvalue weighted by molar-refractivity contribution is 7.92. The van der Waals surface area contributed by atoms with Gasteiger partial charge in [0.15, 0.2) is 0 Å². The Bertz CT molecular complexity index is 1020. The van der Waals surface area contributed by atoms with Crippen LogP contribution in [0.15, 0.2) is 77.7 Å². The Morgan fingerprint density at radius 2 is 1.59 bits per heavy atom. The fourth-order valence-electron chi connectivity index (χ4n) is 2.59. The minimum absolute atomic E-state index is 0.0618. The fraction of sp³-hybridized carbons (Fsp3) is 0.100. The van der Waals surface area contributed by atoms with Gasteiger partial charge in [-0.1, -0.05) is 24.3 Å². The molecule has 0 aromatic heterocycles. The maximum Gasteiger partial charge on any atom is 0.264 e. The van der Waals surface area contributed by atoms with Crippen LogP contribution in [0, 0.1) is 11.6 Å². The molecule has 27 heavy (non-hydrogen) atoms. The van der Waals surface area contributed by atoms with Crippen molar-refractivity contribution in [2.75, 3.05) is 11.4 Å². The van der Waals surface area contributed by atoms with Crippen LogP contribution in [0.5, 0.6) is 5.75 Å². The summed E-state index contributed by atoms with van der Waals surface area (Å²) in [6, 6.07) is 17.3. The van der Waals surface area contributed by atoms with Gasteiger partial charge in [-0.2, -0.15) is 0 Å². The molecule has 0 aliphatic heterocycles. The molecular formula is C20H17F2NO3S. The molecule has 7 heteroatoms. The first-order valence-electron chi connectivity index (χ1n) is 8.07. The van der Waals surface area contributed by atoms with Gasteiger partial charge in [-0.3, -0.25) is 4.31 Å². The van der Waals surface area contributed by atoms with Crippen LogP contribution in [0.3, 0.4) is 0 Å². The average Bonchev–Trinajstić information content (AvgIpc) is 2.68. The van der Waals surface area contributed by atoms with E-state index in [1.54, 1.807) is 42.5 Å². The Labute approximate surface area is 156 Å². The molecule has 4 nitrogen and oxygen atoms in total. The topological polar surface area (TPSA) is 46.6 Å². The normalized spacial score (nSPS) is 11.2. The van der Waals surface area contributed by atoms with E-state index in [9.17, 15) is 17.2 Å². The number of hydrogen-bond acceptors (Lipinski definition) is 3. The fourth-order valence-corrected chi connectivity index (χ4v) is 4.05. The van der Waals surface area contributed by atoms with E-state index >= 15 is 0 Å². The van der Waals surface area contributed by atoms with E-state index in [0.717, 1.165) is 16.4 Å². The Balaban J connectivity index is 2.08. The quantitative estimate of drug-likeness (QED) is 0.629. The zero-order valence-corrected chi connectivity index (χ0v) is 15.3. The zero-order valence-electron chi connectivity index (χ0n) is 14.5. The molecule has 0 unspecified atom stereocenters. The molecule has 0 amide bonds. The number of anilines is 1. The molecular weight excluding hydrogens is 372 g/mol. The Morgan fingerprint density at radius 1 is 0.926 bits per heavy atom. The number of benzene rings is 3. The summed E-state index contributed by atoms with van der Waals surface area (Å²) < 4.78 is 59.9. The molecule has 0 spiro atoms. The Hall–Kier alpha value is -2.93. The number of sulfonamides is 1. The largest absolute Gasteiger partial charge is 0.497 e. The third kappa shape index (κ3) is 4.09. The molecule has 0 saturated carbocycles. The van der Waals surface area contributed by atoms with Gasteiger partial charge in [-0.25, -0.2) is 17.2 Å². The number of halogens is 2. The molecule has 3 aromatic rings. The highest BCUT2D eigenvalue weighted by Gasteiger charge is 2.26. The molecule has 3 rings (SSSR count).